The van der Waals surface area contributed by atoms with Crippen molar-refractivity contribution in [3.63, 3.8) is 0 Å². The van der Waals surface area contributed by atoms with Crippen molar-refractivity contribution >= 4 is 5.71 Å². The highest BCUT2D eigenvalue weighted by molar-refractivity contribution is 6.03. The van der Waals surface area contributed by atoms with Gasteiger partial charge in [0.05, 0.1) is 24.5 Å². The summed E-state index contributed by atoms with van der Waals surface area (Å²) in [6.45, 7) is 1.19. The molecule has 144 valence electrons. The lowest BCUT2D eigenvalue weighted by Gasteiger charge is -2.21. The largest absolute Gasteiger partial charge is 0.417 e. The van der Waals surface area contributed by atoms with Crippen LogP contribution in [0.15, 0.2) is 47.6 Å². The maximum atomic E-state index is 13.6. The summed E-state index contributed by atoms with van der Waals surface area (Å²) in [5.74, 6) is -1.47. The number of hydrogen-bond acceptors (Lipinski definition) is 3. The molecule has 1 aliphatic rings. The van der Waals surface area contributed by atoms with Crippen LogP contribution in [0.25, 0.3) is 0 Å². The molecule has 0 saturated heterocycles. The van der Waals surface area contributed by atoms with E-state index in [9.17, 15) is 22.0 Å². The monoisotopic (exact) mass is 385 g/mol. The van der Waals surface area contributed by atoms with Gasteiger partial charge >= 0.3 is 6.18 Å². The summed E-state index contributed by atoms with van der Waals surface area (Å²) in [4.78, 5) is 5.28. The molecule has 1 heterocycles. The topological polar surface area (TPSA) is 30.8 Å². The van der Waals surface area contributed by atoms with Crippen molar-refractivity contribution < 1.29 is 31.5 Å². The third-order valence-corrected chi connectivity index (χ3v) is 4.18. The number of benzene rings is 2. The zero-order chi connectivity index (χ0) is 19.7. The fourth-order valence-electron chi connectivity index (χ4n) is 2.83. The van der Waals surface area contributed by atoms with Gasteiger partial charge in [0.15, 0.2) is 5.60 Å². The molecule has 1 unspecified atom stereocenters. The van der Waals surface area contributed by atoms with Crippen molar-refractivity contribution in [1.82, 2.24) is 0 Å². The summed E-state index contributed by atoms with van der Waals surface area (Å²) in [6, 6.07) is 8.56. The van der Waals surface area contributed by atoms with Gasteiger partial charge < -0.3 is 9.57 Å². The molecule has 0 spiro atoms. The fraction of sp³-hybridized carbons (Fsp3) is 0.316. The maximum absolute atomic E-state index is 13.6. The number of halogens is 5. The Hall–Kier alpha value is -2.48. The highest BCUT2D eigenvalue weighted by Crippen LogP contribution is 2.35. The van der Waals surface area contributed by atoms with Crippen molar-refractivity contribution in [2.75, 3.05) is 6.61 Å². The van der Waals surface area contributed by atoms with E-state index < -0.39 is 29.0 Å². The van der Waals surface area contributed by atoms with E-state index in [0.29, 0.717) is 0 Å². The molecular weight excluding hydrogens is 369 g/mol. The van der Waals surface area contributed by atoms with Gasteiger partial charge in [0.25, 0.3) is 0 Å². The number of rotatable bonds is 5. The summed E-state index contributed by atoms with van der Waals surface area (Å²) < 4.78 is 72.1. The molecule has 0 amide bonds. The zero-order valence-electron chi connectivity index (χ0n) is 14.3. The van der Waals surface area contributed by atoms with Gasteiger partial charge in [0.1, 0.15) is 11.6 Å². The van der Waals surface area contributed by atoms with Crippen LogP contribution in [0.4, 0.5) is 22.0 Å². The van der Waals surface area contributed by atoms with Crippen LogP contribution in [0, 0.1) is 11.6 Å². The lowest BCUT2D eigenvalue weighted by molar-refractivity contribution is -0.137. The van der Waals surface area contributed by atoms with Crippen LogP contribution in [0.2, 0.25) is 0 Å². The Balaban J connectivity index is 1.66. The number of ether oxygens (including phenoxy) is 1. The number of hydrogen-bond donors (Lipinski definition) is 0. The van der Waals surface area contributed by atoms with Gasteiger partial charge in [-0.3, -0.25) is 0 Å². The molecule has 0 saturated carbocycles. The van der Waals surface area contributed by atoms with Crippen LogP contribution >= 0.6 is 0 Å². The first-order valence-electron chi connectivity index (χ1n) is 8.12. The van der Waals surface area contributed by atoms with Gasteiger partial charge in [-0.05, 0) is 25.1 Å². The Labute approximate surface area is 152 Å². The van der Waals surface area contributed by atoms with E-state index in [1.807, 2.05) is 0 Å². The second-order valence-corrected chi connectivity index (χ2v) is 6.49. The van der Waals surface area contributed by atoms with Crippen molar-refractivity contribution in [2.24, 2.45) is 5.16 Å². The smallest absolute Gasteiger partial charge is 0.386 e. The van der Waals surface area contributed by atoms with Gasteiger partial charge in [-0.25, -0.2) is 8.78 Å². The Kier molecular flexibility index (Phi) is 5.19. The third kappa shape index (κ3) is 4.27. The molecule has 0 N–H and O–H groups in total. The van der Waals surface area contributed by atoms with Crippen LogP contribution in [-0.2, 0) is 22.4 Å². The minimum Gasteiger partial charge on any atom is -0.386 e. The lowest BCUT2D eigenvalue weighted by Crippen LogP contribution is -2.31. The zero-order valence-corrected chi connectivity index (χ0v) is 14.3. The van der Waals surface area contributed by atoms with Crippen molar-refractivity contribution in [3.05, 3.63) is 70.8 Å². The summed E-state index contributed by atoms with van der Waals surface area (Å²) in [5, 5.41) is 3.78. The quantitative estimate of drug-likeness (QED) is 0.672. The standard InChI is InChI=1S/C19H16F5NO2/c1-18(11-26-10-13-15(20)7-4-8-16(13)21)9-17(25-27-18)12-5-2-3-6-14(12)19(22,23)24/h2-8H,9-11H2,1H3. The molecule has 0 radical (unpaired) electrons. The Morgan fingerprint density at radius 2 is 1.74 bits per heavy atom. The van der Waals surface area contributed by atoms with Crippen LogP contribution in [0.3, 0.4) is 0 Å². The van der Waals surface area contributed by atoms with Gasteiger partial charge in [-0.15, -0.1) is 0 Å². The molecule has 0 aliphatic carbocycles. The molecule has 27 heavy (non-hydrogen) atoms. The van der Waals surface area contributed by atoms with Crippen LogP contribution in [0.5, 0.6) is 0 Å². The second kappa shape index (κ2) is 7.26. The van der Waals surface area contributed by atoms with E-state index in [1.165, 1.54) is 24.3 Å². The Bertz CT molecular complexity index is 845. The SMILES string of the molecule is CC1(COCc2c(F)cccc2F)CC(c2ccccc2C(F)(F)F)=NO1. The minimum absolute atomic E-state index is 0.0612. The van der Waals surface area contributed by atoms with E-state index in [-0.39, 0.29) is 36.5 Å². The molecule has 3 rings (SSSR count). The molecule has 0 bridgehead atoms. The summed E-state index contributed by atoms with van der Waals surface area (Å²) >= 11 is 0. The first-order valence-corrected chi connectivity index (χ1v) is 8.12. The average Bonchev–Trinajstić information content (AvgIpc) is 2.99. The van der Waals surface area contributed by atoms with E-state index in [1.54, 1.807) is 6.92 Å². The van der Waals surface area contributed by atoms with Crippen molar-refractivity contribution in [3.8, 4) is 0 Å². The van der Waals surface area contributed by atoms with Crippen molar-refractivity contribution in [1.29, 1.82) is 0 Å². The molecule has 0 aromatic heterocycles. The Morgan fingerprint density at radius 3 is 2.41 bits per heavy atom. The lowest BCUT2D eigenvalue weighted by atomic mass is 9.94. The van der Waals surface area contributed by atoms with Gasteiger partial charge in [-0.1, -0.05) is 29.4 Å². The number of oxime groups is 1. The predicted molar refractivity (Wildman–Crippen MR) is 88.1 cm³/mol. The molecule has 1 atom stereocenters. The minimum atomic E-state index is -4.52. The second-order valence-electron chi connectivity index (χ2n) is 6.49. The average molecular weight is 385 g/mol. The van der Waals surface area contributed by atoms with E-state index in [2.05, 4.69) is 5.16 Å². The van der Waals surface area contributed by atoms with Crippen molar-refractivity contribution in [2.45, 2.75) is 31.7 Å². The summed E-state index contributed by atoms with van der Waals surface area (Å²) in [6.07, 6.45) is -4.45. The predicted octanol–water partition coefficient (Wildman–Crippen LogP) is 5.08. The molecule has 8 heteroatoms. The summed E-state index contributed by atoms with van der Waals surface area (Å²) in [5.41, 5.74) is -1.97. The van der Waals surface area contributed by atoms with E-state index >= 15 is 0 Å². The highest BCUT2D eigenvalue weighted by Gasteiger charge is 2.40. The van der Waals surface area contributed by atoms with Gasteiger partial charge in [0, 0.05) is 17.5 Å². The van der Waals surface area contributed by atoms with Gasteiger partial charge in [-0.2, -0.15) is 13.2 Å². The van der Waals surface area contributed by atoms with Crippen LogP contribution in [0.1, 0.15) is 30.0 Å². The number of nitrogens with zero attached hydrogens (tertiary/aromatic N) is 1. The first-order chi connectivity index (χ1) is 12.7. The molecule has 3 nitrogen and oxygen atoms in total. The first kappa shape index (κ1) is 19.3. The van der Waals surface area contributed by atoms with E-state index in [0.717, 1.165) is 18.2 Å². The summed E-state index contributed by atoms with van der Waals surface area (Å²) in [7, 11) is 0. The maximum Gasteiger partial charge on any atom is 0.417 e. The normalized spacial score (nSPS) is 19.7. The molecular formula is C19H16F5NO2. The fourth-order valence-corrected chi connectivity index (χ4v) is 2.83. The number of alkyl halides is 3. The molecule has 1 aliphatic heterocycles. The van der Waals surface area contributed by atoms with E-state index in [4.69, 9.17) is 9.57 Å². The highest BCUT2D eigenvalue weighted by atomic mass is 19.4. The van der Waals surface area contributed by atoms with Crippen LogP contribution in [-0.4, -0.2) is 17.9 Å². The Morgan fingerprint density at radius 1 is 1.07 bits per heavy atom. The molecule has 2 aromatic rings. The van der Waals surface area contributed by atoms with Crippen LogP contribution < -0.4 is 0 Å². The molecule has 2 aromatic carbocycles. The van der Waals surface area contributed by atoms with Gasteiger partial charge in [0.2, 0.25) is 0 Å². The third-order valence-electron chi connectivity index (χ3n) is 4.18. The molecule has 0 fully saturated rings.